The molecule has 0 aliphatic rings. The maximum Gasteiger partial charge on any atom is 0.350 e. The Kier molecular flexibility index (Phi) is 7.07. The lowest BCUT2D eigenvalue weighted by Gasteiger charge is -2.14. The standard InChI is InChI=1S/C15H16FN3O4/c1-3-22-15(21)11(8-17)9-18-19-14(20)10(2)23-13-7-5-4-6-12(13)16/h4-7,9-10,18H,3H2,1-2H3,(H,19,20)/b11-9+/t10-/m1/s1. The SMILES string of the molecule is CCOC(=O)/C(C#N)=C/NNC(=O)[C@@H](C)Oc1ccccc1F. The number of amides is 1. The van der Waals surface area contributed by atoms with Gasteiger partial charge in [0, 0.05) is 6.20 Å². The van der Waals surface area contributed by atoms with E-state index in [1.165, 1.54) is 25.1 Å². The Morgan fingerprint density at radius 3 is 2.74 bits per heavy atom. The van der Waals surface area contributed by atoms with Gasteiger partial charge in [0.15, 0.2) is 23.2 Å². The van der Waals surface area contributed by atoms with Crippen LogP contribution in [0.1, 0.15) is 13.8 Å². The van der Waals surface area contributed by atoms with Crippen molar-refractivity contribution in [2.45, 2.75) is 20.0 Å². The van der Waals surface area contributed by atoms with E-state index in [1.807, 2.05) is 0 Å². The Morgan fingerprint density at radius 1 is 1.43 bits per heavy atom. The Hall–Kier alpha value is -3.08. The van der Waals surface area contributed by atoms with Crippen LogP contribution in [0.5, 0.6) is 5.75 Å². The Bertz CT molecular complexity index is 640. The van der Waals surface area contributed by atoms with Crippen molar-refractivity contribution in [1.29, 1.82) is 5.26 Å². The Balaban J connectivity index is 2.54. The summed E-state index contributed by atoms with van der Waals surface area (Å²) in [6, 6.07) is 7.30. The first-order valence-corrected chi connectivity index (χ1v) is 6.73. The number of carbonyl (C=O) groups excluding carboxylic acids is 2. The van der Waals surface area contributed by atoms with Gasteiger partial charge in [-0.15, -0.1) is 0 Å². The number of ether oxygens (including phenoxy) is 2. The number of rotatable bonds is 7. The highest BCUT2D eigenvalue weighted by Crippen LogP contribution is 2.16. The summed E-state index contributed by atoms with van der Waals surface area (Å²) in [5.74, 6) is -2.08. The summed E-state index contributed by atoms with van der Waals surface area (Å²) in [5.41, 5.74) is 4.20. The summed E-state index contributed by atoms with van der Waals surface area (Å²) in [5, 5.41) is 8.78. The van der Waals surface area contributed by atoms with Gasteiger partial charge < -0.3 is 14.9 Å². The number of hydrogen-bond acceptors (Lipinski definition) is 6. The quantitative estimate of drug-likeness (QED) is 0.338. The minimum atomic E-state index is -0.999. The fourth-order valence-corrected chi connectivity index (χ4v) is 1.41. The van der Waals surface area contributed by atoms with Crippen molar-refractivity contribution in [3.05, 3.63) is 41.9 Å². The molecule has 7 nitrogen and oxygen atoms in total. The van der Waals surface area contributed by atoms with E-state index in [0.29, 0.717) is 0 Å². The van der Waals surface area contributed by atoms with Gasteiger partial charge in [0.2, 0.25) is 0 Å². The van der Waals surface area contributed by atoms with Crippen molar-refractivity contribution < 1.29 is 23.5 Å². The van der Waals surface area contributed by atoms with Crippen LogP contribution in [0.2, 0.25) is 0 Å². The van der Waals surface area contributed by atoms with Gasteiger partial charge in [-0.3, -0.25) is 10.2 Å². The molecule has 0 unspecified atom stereocenters. The van der Waals surface area contributed by atoms with E-state index in [2.05, 4.69) is 15.6 Å². The fraction of sp³-hybridized carbons (Fsp3) is 0.267. The first-order valence-electron chi connectivity index (χ1n) is 6.73. The lowest BCUT2D eigenvalue weighted by Crippen LogP contribution is -2.42. The molecule has 2 N–H and O–H groups in total. The highest BCUT2D eigenvalue weighted by molar-refractivity contribution is 5.92. The topological polar surface area (TPSA) is 100 Å². The van der Waals surface area contributed by atoms with E-state index in [9.17, 15) is 14.0 Å². The van der Waals surface area contributed by atoms with Crippen LogP contribution in [-0.2, 0) is 14.3 Å². The van der Waals surface area contributed by atoms with Gasteiger partial charge >= 0.3 is 5.97 Å². The Labute approximate surface area is 132 Å². The molecule has 1 aromatic rings. The number of benzene rings is 1. The predicted octanol–water partition coefficient (Wildman–Crippen LogP) is 1.18. The van der Waals surface area contributed by atoms with Crippen LogP contribution in [0, 0.1) is 17.1 Å². The van der Waals surface area contributed by atoms with Gasteiger partial charge in [0.25, 0.3) is 5.91 Å². The summed E-state index contributed by atoms with van der Waals surface area (Å²) in [4.78, 5) is 23.1. The third-order valence-corrected chi connectivity index (χ3v) is 2.54. The first-order chi connectivity index (χ1) is 11.0. The normalized spacial score (nSPS) is 11.8. The molecule has 0 bridgehead atoms. The zero-order valence-corrected chi connectivity index (χ0v) is 12.6. The maximum atomic E-state index is 13.4. The molecule has 0 heterocycles. The summed E-state index contributed by atoms with van der Waals surface area (Å²) in [6.07, 6.45) is -0.00736. The molecule has 0 aliphatic heterocycles. The number of hydrazine groups is 1. The molecular formula is C15H16FN3O4. The molecular weight excluding hydrogens is 305 g/mol. The molecule has 8 heteroatoms. The van der Waals surface area contributed by atoms with Crippen LogP contribution in [0.4, 0.5) is 4.39 Å². The third-order valence-electron chi connectivity index (χ3n) is 2.54. The second-order valence-electron chi connectivity index (χ2n) is 4.21. The van der Waals surface area contributed by atoms with Gasteiger partial charge in [0.05, 0.1) is 6.61 Å². The van der Waals surface area contributed by atoms with Crippen LogP contribution < -0.4 is 15.6 Å². The minimum absolute atomic E-state index is 0.0603. The van der Waals surface area contributed by atoms with Crippen LogP contribution in [0.25, 0.3) is 0 Å². The second-order valence-corrected chi connectivity index (χ2v) is 4.21. The van der Waals surface area contributed by atoms with Crippen LogP contribution in [-0.4, -0.2) is 24.6 Å². The average molecular weight is 321 g/mol. The lowest BCUT2D eigenvalue weighted by atomic mass is 10.3. The highest BCUT2D eigenvalue weighted by Gasteiger charge is 2.16. The number of nitriles is 1. The number of para-hydroxylation sites is 1. The fourth-order valence-electron chi connectivity index (χ4n) is 1.41. The summed E-state index contributed by atoms with van der Waals surface area (Å²) in [6.45, 7) is 3.14. The molecule has 0 saturated carbocycles. The van der Waals surface area contributed by atoms with E-state index in [1.54, 1.807) is 19.1 Å². The molecule has 23 heavy (non-hydrogen) atoms. The Morgan fingerprint density at radius 2 is 2.13 bits per heavy atom. The zero-order chi connectivity index (χ0) is 17.2. The second kappa shape index (κ2) is 9.04. The third kappa shape index (κ3) is 5.67. The number of halogens is 1. The van der Waals surface area contributed by atoms with Crippen molar-refractivity contribution in [3.63, 3.8) is 0 Å². The largest absolute Gasteiger partial charge is 0.478 e. The van der Waals surface area contributed by atoms with Gasteiger partial charge in [-0.05, 0) is 26.0 Å². The molecule has 0 saturated heterocycles. The molecule has 0 fully saturated rings. The van der Waals surface area contributed by atoms with Crippen molar-refractivity contribution in [2.75, 3.05) is 6.61 Å². The molecule has 1 aromatic carbocycles. The van der Waals surface area contributed by atoms with E-state index in [0.717, 1.165) is 6.20 Å². The van der Waals surface area contributed by atoms with Crippen LogP contribution in [0.15, 0.2) is 36.0 Å². The summed E-state index contributed by atoms with van der Waals surface area (Å²) in [7, 11) is 0. The zero-order valence-electron chi connectivity index (χ0n) is 12.6. The predicted molar refractivity (Wildman–Crippen MR) is 78.1 cm³/mol. The summed E-state index contributed by atoms with van der Waals surface area (Å²) < 4.78 is 23.2. The number of nitrogens with zero attached hydrogens (tertiary/aromatic N) is 1. The molecule has 0 aromatic heterocycles. The average Bonchev–Trinajstić information content (AvgIpc) is 2.53. The molecule has 0 aliphatic carbocycles. The van der Waals surface area contributed by atoms with Crippen molar-refractivity contribution in [2.24, 2.45) is 0 Å². The molecule has 1 rings (SSSR count). The molecule has 1 atom stereocenters. The monoisotopic (exact) mass is 321 g/mol. The van der Waals surface area contributed by atoms with Crippen molar-refractivity contribution in [1.82, 2.24) is 10.9 Å². The van der Waals surface area contributed by atoms with Crippen LogP contribution >= 0.6 is 0 Å². The maximum absolute atomic E-state index is 13.4. The van der Waals surface area contributed by atoms with E-state index in [-0.39, 0.29) is 17.9 Å². The summed E-state index contributed by atoms with van der Waals surface area (Å²) >= 11 is 0. The molecule has 122 valence electrons. The van der Waals surface area contributed by atoms with E-state index in [4.69, 9.17) is 10.00 Å². The van der Waals surface area contributed by atoms with Gasteiger partial charge in [-0.25, -0.2) is 9.18 Å². The molecule has 0 radical (unpaired) electrons. The number of hydrogen-bond donors (Lipinski definition) is 2. The first kappa shape index (κ1) is 18.0. The van der Waals surface area contributed by atoms with E-state index < -0.39 is 23.8 Å². The van der Waals surface area contributed by atoms with Crippen LogP contribution in [0.3, 0.4) is 0 Å². The van der Waals surface area contributed by atoms with Gasteiger partial charge in [-0.1, -0.05) is 12.1 Å². The molecule has 1 amide bonds. The molecule has 0 spiro atoms. The highest BCUT2D eigenvalue weighted by atomic mass is 19.1. The minimum Gasteiger partial charge on any atom is -0.478 e. The van der Waals surface area contributed by atoms with Gasteiger partial charge in [-0.2, -0.15) is 5.26 Å². The van der Waals surface area contributed by atoms with E-state index >= 15 is 0 Å². The number of esters is 1. The smallest absolute Gasteiger partial charge is 0.350 e. The number of nitrogens with one attached hydrogen (secondary N) is 2. The van der Waals surface area contributed by atoms with Crippen molar-refractivity contribution in [3.8, 4) is 11.8 Å². The van der Waals surface area contributed by atoms with Crippen molar-refractivity contribution >= 4 is 11.9 Å². The number of carbonyl (C=O) groups is 2. The lowest BCUT2D eigenvalue weighted by molar-refractivity contribution is -0.138. The van der Waals surface area contributed by atoms with Gasteiger partial charge in [0.1, 0.15) is 6.07 Å².